The number of para-hydroxylation sites is 1. The highest BCUT2D eigenvalue weighted by molar-refractivity contribution is 5.98. The molecule has 30 heavy (non-hydrogen) atoms. The fraction of sp³-hybridized carbons (Fsp3) is 0.391. The Morgan fingerprint density at radius 2 is 1.87 bits per heavy atom. The second kappa shape index (κ2) is 9.07. The minimum absolute atomic E-state index is 0.00181. The quantitative estimate of drug-likeness (QED) is 0.577. The summed E-state index contributed by atoms with van der Waals surface area (Å²) in [6, 6.07) is 13.5. The first kappa shape index (κ1) is 21.5. The van der Waals surface area contributed by atoms with E-state index in [-0.39, 0.29) is 41.9 Å². The first-order valence-electron chi connectivity index (χ1n) is 10.3. The van der Waals surface area contributed by atoms with E-state index in [1.54, 1.807) is 17.0 Å². The summed E-state index contributed by atoms with van der Waals surface area (Å²) >= 11 is 0. The zero-order valence-corrected chi connectivity index (χ0v) is 17.5. The number of nitro benzene ring substituents is 1. The van der Waals surface area contributed by atoms with Gasteiger partial charge in [0.1, 0.15) is 0 Å². The Kier molecular flexibility index (Phi) is 6.50. The van der Waals surface area contributed by atoms with Crippen LogP contribution >= 0.6 is 0 Å². The van der Waals surface area contributed by atoms with Gasteiger partial charge in [-0.25, -0.2) is 0 Å². The number of rotatable bonds is 6. The smallest absolute Gasteiger partial charge is 0.269 e. The molecule has 2 aromatic rings. The molecular formula is C23H27N3O4. The molecule has 0 aliphatic carbocycles. The van der Waals surface area contributed by atoms with Gasteiger partial charge in [0, 0.05) is 29.9 Å². The fourth-order valence-corrected chi connectivity index (χ4v) is 3.88. The van der Waals surface area contributed by atoms with E-state index in [4.69, 9.17) is 0 Å². The third-order valence-electron chi connectivity index (χ3n) is 5.68. The number of nitrogens with one attached hydrogen (secondary N) is 1. The Balaban J connectivity index is 1.84. The maximum Gasteiger partial charge on any atom is 0.269 e. The summed E-state index contributed by atoms with van der Waals surface area (Å²) in [5, 5.41) is 13.9. The van der Waals surface area contributed by atoms with Crippen LogP contribution in [0.15, 0.2) is 48.5 Å². The van der Waals surface area contributed by atoms with E-state index in [2.05, 4.69) is 5.32 Å². The van der Waals surface area contributed by atoms with E-state index < -0.39 is 4.92 Å². The van der Waals surface area contributed by atoms with E-state index in [1.807, 2.05) is 45.0 Å². The molecule has 0 aromatic heterocycles. The Bertz CT molecular complexity index is 942. The highest BCUT2D eigenvalue weighted by Gasteiger charge is 2.36. The molecule has 1 aliphatic rings. The lowest BCUT2D eigenvalue weighted by Crippen LogP contribution is -2.47. The van der Waals surface area contributed by atoms with Gasteiger partial charge < -0.3 is 10.2 Å². The van der Waals surface area contributed by atoms with E-state index in [0.717, 1.165) is 17.7 Å². The van der Waals surface area contributed by atoms with Crippen LogP contribution in [-0.2, 0) is 16.0 Å². The normalized spacial score (nSPS) is 19.0. The fourth-order valence-electron chi connectivity index (χ4n) is 3.88. The van der Waals surface area contributed by atoms with Crippen molar-refractivity contribution in [3.63, 3.8) is 0 Å². The molecule has 2 aromatic carbocycles. The molecule has 0 saturated heterocycles. The van der Waals surface area contributed by atoms with Crippen LogP contribution in [-0.4, -0.2) is 28.8 Å². The van der Waals surface area contributed by atoms with Gasteiger partial charge in [0.15, 0.2) is 0 Å². The van der Waals surface area contributed by atoms with Crippen molar-refractivity contribution in [2.24, 2.45) is 0 Å². The van der Waals surface area contributed by atoms with Crippen molar-refractivity contribution >= 4 is 23.2 Å². The second-order valence-corrected chi connectivity index (χ2v) is 7.88. The average Bonchev–Trinajstić information content (AvgIpc) is 2.73. The number of nitro groups is 1. The highest BCUT2D eigenvalue weighted by Crippen LogP contribution is 2.39. The predicted molar refractivity (Wildman–Crippen MR) is 115 cm³/mol. The number of hydrogen-bond donors (Lipinski definition) is 1. The van der Waals surface area contributed by atoms with Crippen molar-refractivity contribution < 1.29 is 14.5 Å². The Morgan fingerprint density at radius 3 is 2.50 bits per heavy atom. The molecule has 0 fully saturated rings. The molecule has 0 saturated carbocycles. The van der Waals surface area contributed by atoms with Crippen molar-refractivity contribution in [2.45, 2.75) is 58.0 Å². The number of nitrogens with zero attached hydrogens (tertiary/aromatic N) is 2. The molecule has 7 nitrogen and oxygen atoms in total. The molecule has 1 aliphatic heterocycles. The summed E-state index contributed by atoms with van der Waals surface area (Å²) in [6.07, 6.45) is 1.54. The second-order valence-electron chi connectivity index (χ2n) is 7.88. The monoisotopic (exact) mass is 409 g/mol. The third-order valence-corrected chi connectivity index (χ3v) is 5.68. The maximum absolute atomic E-state index is 13.2. The highest BCUT2D eigenvalue weighted by atomic mass is 16.6. The molecule has 3 atom stereocenters. The summed E-state index contributed by atoms with van der Waals surface area (Å²) in [4.78, 5) is 38.1. The van der Waals surface area contributed by atoms with E-state index in [9.17, 15) is 19.7 Å². The molecule has 2 amide bonds. The minimum atomic E-state index is -0.459. The van der Waals surface area contributed by atoms with Gasteiger partial charge in [0.2, 0.25) is 11.8 Å². The van der Waals surface area contributed by atoms with Crippen molar-refractivity contribution in [1.29, 1.82) is 0 Å². The lowest BCUT2D eigenvalue weighted by molar-refractivity contribution is -0.384. The number of carbonyl (C=O) groups is 2. The summed E-state index contributed by atoms with van der Waals surface area (Å²) in [6.45, 7) is 5.96. The number of amides is 2. The molecule has 0 bridgehead atoms. The van der Waals surface area contributed by atoms with Gasteiger partial charge in [0.05, 0.1) is 17.3 Å². The van der Waals surface area contributed by atoms with Gasteiger partial charge in [0.25, 0.3) is 5.69 Å². The number of non-ortho nitro benzene ring substituents is 1. The van der Waals surface area contributed by atoms with Crippen LogP contribution in [0.4, 0.5) is 11.4 Å². The largest absolute Gasteiger partial charge is 0.353 e. The Hall–Kier alpha value is -3.22. The molecule has 3 rings (SSSR count). The number of fused-ring (bicyclic) bond motifs is 1. The van der Waals surface area contributed by atoms with Crippen LogP contribution < -0.4 is 10.2 Å². The summed E-state index contributed by atoms with van der Waals surface area (Å²) in [5.41, 5.74) is 2.32. The van der Waals surface area contributed by atoms with Crippen LogP contribution in [0.5, 0.6) is 0 Å². The van der Waals surface area contributed by atoms with Gasteiger partial charge in [-0.2, -0.15) is 0 Å². The summed E-state index contributed by atoms with van der Waals surface area (Å²) in [5.74, 6) is -0.399. The van der Waals surface area contributed by atoms with Crippen molar-refractivity contribution in [2.75, 3.05) is 4.90 Å². The average molecular weight is 409 g/mol. The number of benzene rings is 2. The number of carbonyl (C=O) groups excluding carboxylic acids is 2. The van der Waals surface area contributed by atoms with E-state index in [0.29, 0.717) is 12.0 Å². The van der Waals surface area contributed by atoms with E-state index >= 15 is 0 Å². The number of hydrogen-bond acceptors (Lipinski definition) is 4. The summed E-state index contributed by atoms with van der Waals surface area (Å²) in [7, 11) is 0. The minimum Gasteiger partial charge on any atom is -0.353 e. The number of anilines is 1. The Labute approximate surface area is 176 Å². The zero-order valence-electron chi connectivity index (χ0n) is 17.5. The van der Waals surface area contributed by atoms with Crippen LogP contribution in [0.2, 0.25) is 0 Å². The molecular weight excluding hydrogens is 382 g/mol. The first-order valence-corrected chi connectivity index (χ1v) is 10.3. The molecule has 0 radical (unpaired) electrons. The van der Waals surface area contributed by atoms with Gasteiger partial charge in [-0.05, 0) is 43.9 Å². The van der Waals surface area contributed by atoms with Gasteiger partial charge in [-0.3, -0.25) is 19.7 Å². The van der Waals surface area contributed by atoms with Crippen molar-refractivity contribution in [3.05, 3.63) is 69.8 Å². The Morgan fingerprint density at radius 1 is 1.20 bits per heavy atom. The third kappa shape index (κ3) is 4.50. The molecule has 1 heterocycles. The predicted octanol–water partition coefficient (Wildman–Crippen LogP) is 3.96. The SMILES string of the molecule is CC[C@H](C)NC(=O)[C@H]1C[C@@H](C)N(C(=O)Cc2ccc([N+](=O)[O-])cc2)c2ccccc21. The topological polar surface area (TPSA) is 92.6 Å². The van der Waals surface area contributed by atoms with Crippen LogP contribution in [0.1, 0.15) is 50.7 Å². The molecule has 1 N–H and O–H groups in total. The molecule has 7 heteroatoms. The van der Waals surface area contributed by atoms with Crippen LogP contribution in [0.25, 0.3) is 0 Å². The van der Waals surface area contributed by atoms with Crippen molar-refractivity contribution in [1.82, 2.24) is 5.32 Å². The van der Waals surface area contributed by atoms with Gasteiger partial charge in [-0.15, -0.1) is 0 Å². The first-order chi connectivity index (χ1) is 14.3. The van der Waals surface area contributed by atoms with Crippen LogP contribution in [0, 0.1) is 10.1 Å². The summed E-state index contributed by atoms with van der Waals surface area (Å²) < 4.78 is 0. The van der Waals surface area contributed by atoms with Crippen molar-refractivity contribution in [3.8, 4) is 0 Å². The maximum atomic E-state index is 13.2. The molecule has 0 spiro atoms. The zero-order chi connectivity index (χ0) is 21.8. The van der Waals surface area contributed by atoms with Gasteiger partial charge >= 0.3 is 0 Å². The lowest BCUT2D eigenvalue weighted by atomic mass is 9.85. The lowest BCUT2D eigenvalue weighted by Gasteiger charge is -2.39. The van der Waals surface area contributed by atoms with E-state index in [1.165, 1.54) is 12.1 Å². The van der Waals surface area contributed by atoms with Gasteiger partial charge in [-0.1, -0.05) is 37.3 Å². The molecule has 0 unspecified atom stereocenters. The van der Waals surface area contributed by atoms with Crippen LogP contribution in [0.3, 0.4) is 0 Å². The molecule has 158 valence electrons. The standard InChI is InChI=1S/C23H27N3O4/c1-4-15(2)24-23(28)20-13-16(3)25(21-8-6-5-7-19(20)21)22(27)14-17-9-11-18(12-10-17)26(29)30/h5-12,15-16,20H,4,13-14H2,1-3H3,(H,24,28)/t15-,16+,20-/m0/s1.